The number of hydrogen-bond acceptors (Lipinski definition) is 2. The van der Waals surface area contributed by atoms with Crippen molar-refractivity contribution in [1.29, 1.82) is 0 Å². The Kier molecular flexibility index (Phi) is 3.23. The van der Waals surface area contributed by atoms with Crippen molar-refractivity contribution < 1.29 is 0 Å². The number of nitrogens with two attached hydrogens (primary N) is 1. The van der Waals surface area contributed by atoms with Gasteiger partial charge in [-0.3, -0.25) is 4.90 Å². The third-order valence-corrected chi connectivity index (χ3v) is 3.74. The first-order valence-corrected chi connectivity index (χ1v) is 5.87. The third-order valence-electron chi connectivity index (χ3n) is 3.74. The Morgan fingerprint density at radius 3 is 2.46 bits per heavy atom. The molecule has 2 N–H and O–H groups in total. The standard InChI is InChI=1S/C11H22N2/c12-9-11-7-4-8-13(11)10-5-2-1-3-6-10/h10-11H,1-9,12H2/t11-/m1/s1. The van der Waals surface area contributed by atoms with E-state index in [-0.39, 0.29) is 0 Å². The molecule has 2 rings (SSSR count). The minimum absolute atomic E-state index is 0.711. The first-order chi connectivity index (χ1) is 6.42. The molecule has 0 spiro atoms. The van der Waals surface area contributed by atoms with Crippen molar-refractivity contribution in [3.63, 3.8) is 0 Å². The van der Waals surface area contributed by atoms with Gasteiger partial charge in [-0.2, -0.15) is 0 Å². The van der Waals surface area contributed by atoms with Crippen LogP contribution in [-0.2, 0) is 0 Å². The topological polar surface area (TPSA) is 29.3 Å². The van der Waals surface area contributed by atoms with Crippen molar-refractivity contribution in [2.24, 2.45) is 5.73 Å². The molecule has 2 nitrogen and oxygen atoms in total. The lowest BCUT2D eigenvalue weighted by Crippen LogP contribution is -2.43. The SMILES string of the molecule is NC[C@H]1CCCN1C1CCCCC1. The van der Waals surface area contributed by atoms with Gasteiger partial charge in [-0.05, 0) is 32.2 Å². The Balaban J connectivity index is 1.90. The summed E-state index contributed by atoms with van der Waals surface area (Å²) in [7, 11) is 0. The highest BCUT2D eigenvalue weighted by atomic mass is 15.2. The van der Waals surface area contributed by atoms with Crippen LogP contribution in [0.4, 0.5) is 0 Å². The van der Waals surface area contributed by atoms with Gasteiger partial charge in [-0.1, -0.05) is 19.3 Å². The molecule has 1 saturated heterocycles. The summed E-state index contributed by atoms with van der Waals surface area (Å²) in [6.07, 6.45) is 9.91. The lowest BCUT2D eigenvalue weighted by atomic mass is 9.94. The molecule has 76 valence electrons. The Bertz CT molecular complexity index is 152. The highest BCUT2D eigenvalue weighted by Gasteiger charge is 2.30. The molecule has 0 aromatic carbocycles. The van der Waals surface area contributed by atoms with E-state index >= 15 is 0 Å². The second-order valence-corrected chi connectivity index (χ2v) is 4.56. The fourth-order valence-electron chi connectivity index (χ4n) is 3.00. The minimum Gasteiger partial charge on any atom is -0.329 e. The average molecular weight is 182 g/mol. The second-order valence-electron chi connectivity index (χ2n) is 4.56. The van der Waals surface area contributed by atoms with Gasteiger partial charge in [0.1, 0.15) is 0 Å². The van der Waals surface area contributed by atoms with Crippen LogP contribution in [0.15, 0.2) is 0 Å². The molecule has 0 aromatic rings. The smallest absolute Gasteiger partial charge is 0.0221 e. The molecule has 1 aliphatic heterocycles. The van der Waals surface area contributed by atoms with Gasteiger partial charge in [0, 0.05) is 18.6 Å². The van der Waals surface area contributed by atoms with Crippen molar-refractivity contribution in [3.8, 4) is 0 Å². The molecule has 0 amide bonds. The highest BCUT2D eigenvalue weighted by molar-refractivity contribution is 4.86. The maximum atomic E-state index is 5.79. The van der Waals surface area contributed by atoms with Crippen LogP contribution in [0.2, 0.25) is 0 Å². The van der Waals surface area contributed by atoms with E-state index in [0.29, 0.717) is 6.04 Å². The van der Waals surface area contributed by atoms with Crippen LogP contribution in [-0.4, -0.2) is 30.1 Å². The molecule has 0 unspecified atom stereocenters. The summed E-state index contributed by atoms with van der Waals surface area (Å²) in [5.74, 6) is 0. The minimum atomic E-state index is 0.711. The molecule has 0 bridgehead atoms. The van der Waals surface area contributed by atoms with E-state index in [1.54, 1.807) is 0 Å². The monoisotopic (exact) mass is 182 g/mol. The molecule has 2 fully saturated rings. The van der Waals surface area contributed by atoms with Gasteiger partial charge < -0.3 is 5.73 Å². The predicted molar refractivity (Wildman–Crippen MR) is 55.7 cm³/mol. The van der Waals surface area contributed by atoms with E-state index in [2.05, 4.69) is 4.90 Å². The zero-order valence-corrected chi connectivity index (χ0v) is 8.54. The number of likely N-dealkylation sites (tertiary alicyclic amines) is 1. The zero-order chi connectivity index (χ0) is 9.10. The van der Waals surface area contributed by atoms with Crippen LogP contribution in [0.5, 0.6) is 0 Å². The van der Waals surface area contributed by atoms with Gasteiger partial charge in [-0.25, -0.2) is 0 Å². The fourth-order valence-corrected chi connectivity index (χ4v) is 3.00. The van der Waals surface area contributed by atoms with Crippen molar-refractivity contribution in [2.45, 2.75) is 57.0 Å². The lowest BCUT2D eigenvalue weighted by Gasteiger charge is -2.35. The average Bonchev–Trinajstić information content (AvgIpc) is 2.67. The van der Waals surface area contributed by atoms with Crippen LogP contribution in [0.25, 0.3) is 0 Å². The Hall–Kier alpha value is -0.0800. The van der Waals surface area contributed by atoms with E-state index in [4.69, 9.17) is 5.73 Å². The molecular weight excluding hydrogens is 160 g/mol. The van der Waals surface area contributed by atoms with E-state index in [0.717, 1.165) is 12.6 Å². The Morgan fingerprint density at radius 2 is 1.77 bits per heavy atom. The van der Waals surface area contributed by atoms with Crippen LogP contribution < -0.4 is 5.73 Å². The molecular formula is C11H22N2. The zero-order valence-electron chi connectivity index (χ0n) is 8.54. The van der Waals surface area contributed by atoms with Crippen LogP contribution in [0.3, 0.4) is 0 Å². The molecule has 2 heteroatoms. The molecule has 1 atom stereocenters. The molecule has 2 aliphatic rings. The van der Waals surface area contributed by atoms with Gasteiger partial charge in [0.25, 0.3) is 0 Å². The summed E-state index contributed by atoms with van der Waals surface area (Å²) >= 11 is 0. The summed E-state index contributed by atoms with van der Waals surface area (Å²) < 4.78 is 0. The molecule has 1 saturated carbocycles. The van der Waals surface area contributed by atoms with E-state index in [9.17, 15) is 0 Å². The Morgan fingerprint density at radius 1 is 1.00 bits per heavy atom. The Labute approximate surface area is 81.5 Å². The summed E-state index contributed by atoms with van der Waals surface area (Å²) in [5, 5.41) is 0. The molecule has 1 heterocycles. The number of hydrogen-bond donors (Lipinski definition) is 1. The summed E-state index contributed by atoms with van der Waals surface area (Å²) in [6.45, 7) is 2.18. The fraction of sp³-hybridized carbons (Fsp3) is 1.00. The second kappa shape index (κ2) is 4.43. The largest absolute Gasteiger partial charge is 0.329 e. The van der Waals surface area contributed by atoms with Crippen molar-refractivity contribution >= 4 is 0 Å². The van der Waals surface area contributed by atoms with E-state index in [1.807, 2.05) is 0 Å². The third kappa shape index (κ3) is 2.05. The van der Waals surface area contributed by atoms with Gasteiger partial charge in [-0.15, -0.1) is 0 Å². The predicted octanol–water partition coefficient (Wildman–Crippen LogP) is 1.74. The van der Waals surface area contributed by atoms with Crippen molar-refractivity contribution in [3.05, 3.63) is 0 Å². The van der Waals surface area contributed by atoms with E-state index in [1.165, 1.54) is 51.5 Å². The van der Waals surface area contributed by atoms with Gasteiger partial charge in [0.05, 0.1) is 0 Å². The number of nitrogens with zero attached hydrogens (tertiary/aromatic N) is 1. The van der Waals surface area contributed by atoms with Crippen LogP contribution in [0, 0.1) is 0 Å². The van der Waals surface area contributed by atoms with Crippen molar-refractivity contribution in [1.82, 2.24) is 4.90 Å². The maximum absolute atomic E-state index is 5.79. The van der Waals surface area contributed by atoms with Crippen LogP contribution >= 0.6 is 0 Å². The van der Waals surface area contributed by atoms with Gasteiger partial charge in [0.2, 0.25) is 0 Å². The normalized spacial score (nSPS) is 32.5. The quantitative estimate of drug-likeness (QED) is 0.705. The van der Waals surface area contributed by atoms with Crippen LogP contribution in [0.1, 0.15) is 44.9 Å². The van der Waals surface area contributed by atoms with E-state index < -0.39 is 0 Å². The highest BCUT2D eigenvalue weighted by Crippen LogP contribution is 2.28. The summed E-state index contributed by atoms with van der Waals surface area (Å²) in [6, 6.07) is 1.59. The molecule has 0 aromatic heterocycles. The summed E-state index contributed by atoms with van der Waals surface area (Å²) in [4.78, 5) is 2.69. The molecule has 1 aliphatic carbocycles. The lowest BCUT2D eigenvalue weighted by molar-refractivity contribution is 0.145. The summed E-state index contributed by atoms with van der Waals surface area (Å²) in [5.41, 5.74) is 5.79. The maximum Gasteiger partial charge on any atom is 0.0221 e. The van der Waals surface area contributed by atoms with Gasteiger partial charge >= 0.3 is 0 Å². The molecule has 13 heavy (non-hydrogen) atoms. The van der Waals surface area contributed by atoms with Gasteiger partial charge in [0.15, 0.2) is 0 Å². The van der Waals surface area contributed by atoms with Crippen molar-refractivity contribution in [2.75, 3.05) is 13.1 Å². The first kappa shape index (κ1) is 9.47. The number of rotatable bonds is 2. The first-order valence-electron chi connectivity index (χ1n) is 5.87. The molecule has 0 radical (unpaired) electrons.